The number of nitrogens with one attached hydrogen (secondary N) is 1. The Kier molecular flexibility index (Phi) is 5.04. The van der Waals surface area contributed by atoms with Crippen LogP contribution in [0.2, 0.25) is 0 Å². The maximum atomic E-state index is 13.6. The number of rotatable bonds is 6. The van der Waals surface area contributed by atoms with Crippen LogP contribution in [-0.2, 0) is 4.79 Å². The Morgan fingerprint density at radius 1 is 1.27 bits per heavy atom. The Morgan fingerprint density at radius 3 is 2.68 bits per heavy atom. The van der Waals surface area contributed by atoms with E-state index in [0.29, 0.717) is 0 Å². The molecule has 1 aromatic carbocycles. The first-order valence-electron chi connectivity index (χ1n) is 6.75. The molecule has 2 rings (SSSR count). The van der Waals surface area contributed by atoms with E-state index >= 15 is 0 Å². The first kappa shape index (κ1) is 15.9. The van der Waals surface area contributed by atoms with Crippen LogP contribution in [0.5, 0.6) is 0 Å². The molecule has 1 amide bonds. The Labute approximate surface area is 126 Å². The van der Waals surface area contributed by atoms with Crippen molar-refractivity contribution in [3.8, 4) is 0 Å². The van der Waals surface area contributed by atoms with Crippen molar-refractivity contribution in [3.05, 3.63) is 59.6 Å². The van der Waals surface area contributed by atoms with Crippen molar-refractivity contribution in [1.82, 2.24) is 5.32 Å². The van der Waals surface area contributed by atoms with Crippen LogP contribution in [-0.4, -0.2) is 18.2 Å². The molecule has 1 aromatic heterocycles. The third-order valence-corrected chi connectivity index (χ3v) is 3.23. The van der Waals surface area contributed by atoms with E-state index in [-0.39, 0.29) is 30.1 Å². The predicted octanol–water partition coefficient (Wildman–Crippen LogP) is 3.05. The zero-order valence-corrected chi connectivity index (χ0v) is 11.9. The molecular formula is C16H15F2NO3. The fourth-order valence-electron chi connectivity index (χ4n) is 2.06. The van der Waals surface area contributed by atoms with Crippen LogP contribution in [0.25, 0.3) is 0 Å². The number of amides is 1. The Balaban J connectivity index is 1.87. The Hall–Kier alpha value is -2.50. The van der Waals surface area contributed by atoms with Crippen molar-refractivity contribution in [3.63, 3.8) is 0 Å². The molecule has 116 valence electrons. The van der Waals surface area contributed by atoms with Gasteiger partial charge in [0.2, 0.25) is 11.7 Å². The number of carbonyl (C=O) groups is 2. The molecule has 0 saturated carbocycles. The number of benzene rings is 1. The molecule has 1 unspecified atom stereocenters. The third-order valence-electron chi connectivity index (χ3n) is 3.23. The summed E-state index contributed by atoms with van der Waals surface area (Å²) in [5.74, 6) is -2.36. The van der Waals surface area contributed by atoms with Crippen molar-refractivity contribution in [2.24, 2.45) is 0 Å². The fraction of sp³-hybridized carbons (Fsp3) is 0.250. The first-order valence-corrected chi connectivity index (χ1v) is 6.75. The summed E-state index contributed by atoms with van der Waals surface area (Å²) in [6.45, 7) is 1.47. The molecule has 0 saturated heterocycles. The summed E-state index contributed by atoms with van der Waals surface area (Å²) in [6, 6.07) is 6.33. The summed E-state index contributed by atoms with van der Waals surface area (Å²) in [6.07, 6.45) is 1.36. The number of halogens is 2. The maximum Gasteiger partial charge on any atom is 0.220 e. The highest BCUT2D eigenvalue weighted by Crippen LogP contribution is 2.22. The van der Waals surface area contributed by atoms with Gasteiger partial charge in [0.1, 0.15) is 11.6 Å². The summed E-state index contributed by atoms with van der Waals surface area (Å²) in [4.78, 5) is 23.4. The molecule has 0 radical (unpaired) electrons. The van der Waals surface area contributed by atoms with Gasteiger partial charge in [-0.15, -0.1) is 0 Å². The molecule has 0 aliphatic rings. The minimum atomic E-state index is -0.688. The van der Waals surface area contributed by atoms with Crippen LogP contribution in [0.1, 0.15) is 35.4 Å². The van der Waals surface area contributed by atoms with Gasteiger partial charge in [-0.3, -0.25) is 9.59 Å². The maximum absolute atomic E-state index is 13.6. The van der Waals surface area contributed by atoms with Gasteiger partial charge in [-0.05, 0) is 29.7 Å². The summed E-state index contributed by atoms with van der Waals surface area (Å²) in [5.41, 5.74) is 0.258. The number of carbonyl (C=O) groups excluding carboxylic acids is 2. The van der Waals surface area contributed by atoms with Gasteiger partial charge >= 0.3 is 0 Å². The molecule has 1 N–H and O–H groups in total. The van der Waals surface area contributed by atoms with Gasteiger partial charge < -0.3 is 9.73 Å². The van der Waals surface area contributed by atoms with Crippen molar-refractivity contribution < 1.29 is 22.8 Å². The largest absolute Gasteiger partial charge is 0.461 e. The van der Waals surface area contributed by atoms with Crippen molar-refractivity contribution in [2.75, 3.05) is 6.54 Å². The molecule has 1 atom stereocenters. The number of hydrogen-bond donors (Lipinski definition) is 1. The number of Topliss-reactive ketones (excluding diaryl/α,β-unsaturated/α-hetero) is 1. The van der Waals surface area contributed by atoms with Gasteiger partial charge in [0.15, 0.2) is 5.76 Å². The standard InChI is InChI=1S/C16H15F2NO3/c1-10(12-5-4-11(17)8-13(12)18)7-16(21)19-9-14(20)15-3-2-6-22-15/h2-6,8,10H,7,9H2,1H3,(H,19,21). The fourth-order valence-corrected chi connectivity index (χ4v) is 2.06. The van der Waals surface area contributed by atoms with Crippen molar-refractivity contribution in [1.29, 1.82) is 0 Å². The highest BCUT2D eigenvalue weighted by molar-refractivity contribution is 5.97. The van der Waals surface area contributed by atoms with Crippen LogP contribution in [0.15, 0.2) is 41.0 Å². The predicted molar refractivity (Wildman–Crippen MR) is 75.4 cm³/mol. The molecule has 0 aliphatic carbocycles. The van der Waals surface area contributed by atoms with E-state index in [4.69, 9.17) is 4.42 Å². The normalized spacial score (nSPS) is 12.0. The van der Waals surface area contributed by atoms with Gasteiger partial charge in [0, 0.05) is 12.5 Å². The minimum Gasteiger partial charge on any atom is -0.461 e. The lowest BCUT2D eigenvalue weighted by Gasteiger charge is -2.12. The zero-order chi connectivity index (χ0) is 16.1. The van der Waals surface area contributed by atoms with E-state index in [1.54, 1.807) is 13.0 Å². The summed E-state index contributed by atoms with van der Waals surface area (Å²) in [5, 5.41) is 2.46. The van der Waals surface area contributed by atoms with E-state index in [1.165, 1.54) is 18.4 Å². The van der Waals surface area contributed by atoms with Crippen molar-refractivity contribution in [2.45, 2.75) is 19.3 Å². The lowest BCUT2D eigenvalue weighted by molar-refractivity contribution is -0.121. The molecule has 22 heavy (non-hydrogen) atoms. The highest BCUT2D eigenvalue weighted by atomic mass is 19.1. The van der Waals surface area contributed by atoms with E-state index < -0.39 is 23.5 Å². The summed E-state index contributed by atoms with van der Waals surface area (Å²) in [7, 11) is 0. The van der Waals surface area contributed by atoms with E-state index in [2.05, 4.69) is 5.32 Å². The third kappa shape index (κ3) is 4.00. The molecule has 0 fully saturated rings. The van der Waals surface area contributed by atoms with Crippen LogP contribution in [0.4, 0.5) is 8.78 Å². The zero-order valence-electron chi connectivity index (χ0n) is 11.9. The van der Waals surface area contributed by atoms with Crippen LogP contribution in [0.3, 0.4) is 0 Å². The van der Waals surface area contributed by atoms with Crippen LogP contribution >= 0.6 is 0 Å². The van der Waals surface area contributed by atoms with E-state index in [1.807, 2.05) is 0 Å². The SMILES string of the molecule is CC(CC(=O)NCC(=O)c1ccco1)c1ccc(F)cc1F. The van der Waals surface area contributed by atoms with Crippen LogP contribution in [0, 0.1) is 11.6 Å². The molecule has 6 heteroatoms. The van der Waals surface area contributed by atoms with Crippen LogP contribution < -0.4 is 5.32 Å². The molecule has 0 spiro atoms. The second kappa shape index (κ2) is 6.98. The highest BCUT2D eigenvalue weighted by Gasteiger charge is 2.17. The smallest absolute Gasteiger partial charge is 0.220 e. The second-order valence-corrected chi connectivity index (χ2v) is 4.95. The monoisotopic (exact) mass is 307 g/mol. The average Bonchev–Trinajstić information content (AvgIpc) is 2.98. The Morgan fingerprint density at radius 2 is 2.05 bits per heavy atom. The lowest BCUT2D eigenvalue weighted by Crippen LogP contribution is -2.30. The topological polar surface area (TPSA) is 59.3 Å². The Bertz CT molecular complexity index is 668. The first-order chi connectivity index (χ1) is 10.5. The lowest BCUT2D eigenvalue weighted by atomic mass is 9.97. The molecule has 0 bridgehead atoms. The van der Waals surface area contributed by atoms with E-state index in [0.717, 1.165) is 12.1 Å². The van der Waals surface area contributed by atoms with Gasteiger partial charge in [0.25, 0.3) is 0 Å². The van der Waals surface area contributed by atoms with Gasteiger partial charge in [-0.25, -0.2) is 8.78 Å². The molecule has 4 nitrogen and oxygen atoms in total. The summed E-state index contributed by atoms with van der Waals surface area (Å²) < 4.78 is 31.4. The van der Waals surface area contributed by atoms with Gasteiger partial charge in [-0.1, -0.05) is 13.0 Å². The second-order valence-electron chi connectivity index (χ2n) is 4.95. The molecular weight excluding hydrogens is 292 g/mol. The number of ketones is 1. The average molecular weight is 307 g/mol. The van der Waals surface area contributed by atoms with Gasteiger partial charge in [0.05, 0.1) is 12.8 Å². The van der Waals surface area contributed by atoms with Crippen molar-refractivity contribution >= 4 is 11.7 Å². The quantitative estimate of drug-likeness (QED) is 0.834. The molecule has 0 aliphatic heterocycles. The molecule has 1 heterocycles. The number of hydrogen-bond acceptors (Lipinski definition) is 3. The number of furan rings is 1. The van der Waals surface area contributed by atoms with Gasteiger partial charge in [-0.2, -0.15) is 0 Å². The molecule has 2 aromatic rings. The minimum absolute atomic E-state index is 0.00597. The summed E-state index contributed by atoms with van der Waals surface area (Å²) >= 11 is 0. The van der Waals surface area contributed by atoms with E-state index in [9.17, 15) is 18.4 Å².